The van der Waals surface area contributed by atoms with Crippen LogP contribution in [0.5, 0.6) is 0 Å². The zero-order valence-electron chi connectivity index (χ0n) is 11.7. The molecule has 2 unspecified atom stereocenters. The molecule has 0 aliphatic heterocycles. The standard InChI is InChI=1S/C15H20F3NO/c1-3-20-14(11-4-5-11)13(19-2)10-6-8-12(9-7-10)15(16,17)18/h6-9,11,13-14,19H,3-5H2,1-2H3. The summed E-state index contributed by atoms with van der Waals surface area (Å²) >= 11 is 0. The quantitative estimate of drug-likeness (QED) is 0.859. The lowest BCUT2D eigenvalue weighted by Crippen LogP contribution is -2.33. The molecule has 2 atom stereocenters. The van der Waals surface area contributed by atoms with Gasteiger partial charge in [-0.05, 0) is 50.4 Å². The maximum Gasteiger partial charge on any atom is 0.416 e. The van der Waals surface area contributed by atoms with E-state index in [-0.39, 0.29) is 12.1 Å². The number of rotatable bonds is 6. The summed E-state index contributed by atoms with van der Waals surface area (Å²) in [7, 11) is 1.82. The van der Waals surface area contributed by atoms with Gasteiger partial charge >= 0.3 is 6.18 Å². The Kier molecular flexibility index (Phi) is 4.70. The third kappa shape index (κ3) is 3.52. The molecule has 0 bridgehead atoms. The SMILES string of the molecule is CCOC(C1CC1)C(NC)c1ccc(C(F)(F)F)cc1. The topological polar surface area (TPSA) is 21.3 Å². The van der Waals surface area contributed by atoms with Crippen LogP contribution in [0.25, 0.3) is 0 Å². The van der Waals surface area contributed by atoms with Gasteiger partial charge in [0.2, 0.25) is 0 Å². The van der Waals surface area contributed by atoms with Gasteiger partial charge < -0.3 is 10.1 Å². The number of hydrogen-bond acceptors (Lipinski definition) is 2. The molecule has 2 rings (SSSR count). The van der Waals surface area contributed by atoms with Gasteiger partial charge in [-0.25, -0.2) is 0 Å². The van der Waals surface area contributed by atoms with E-state index < -0.39 is 11.7 Å². The van der Waals surface area contributed by atoms with Crippen molar-refractivity contribution in [2.24, 2.45) is 5.92 Å². The van der Waals surface area contributed by atoms with Crippen molar-refractivity contribution in [1.29, 1.82) is 0 Å². The number of ether oxygens (including phenoxy) is 1. The lowest BCUT2D eigenvalue weighted by Gasteiger charge is -2.27. The fourth-order valence-electron chi connectivity index (χ4n) is 2.52. The number of benzene rings is 1. The van der Waals surface area contributed by atoms with E-state index in [0.29, 0.717) is 12.5 Å². The fraction of sp³-hybridized carbons (Fsp3) is 0.600. The third-order valence-corrected chi connectivity index (χ3v) is 3.68. The molecule has 0 radical (unpaired) electrons. The number of alkyl halides is 3. The minimum absolute atomic E-state index is 0.0294. The molecule has 5 heteroatoms. The van der Waals surface area contributed by atoms with Crippen LogP contribution in [0.3, 0.4) is 0 Å². The Labute approximate surface area is 117 Å². The highest BCUT2D eigenvalue weighted by Gasteiger charge is 2.37. The summed E-state index contributed by atoms with van der Waals surface area (Å²) in [5.74, 6) is 0.509. The Morgan fingerprint density at radius 2 is 1.85 bits per heavy atom. The van der Waals surface area contributed by atoms with Gasteiger partial charge in [0.15, 0.2) is 0 Å². The predicted octanol–water partition coefficient (Wildman–Crippen LogP) is 3.78. The summed E-state index contributed by atoms with van der Waals surface area (Å²) < 4.78 is 43.5. The molecular weight excluding hydrogens is 267 g/mol. The molecule has 1 aliphatic carbocycles. The van der Waals surface area contributed by atoms with Crippen LogP contribution in [0.4, 0.5) is 13.2 Å². The van der Waals surface area contributed by atoms with Crippen LogP contribution in [0.2, 0.25) is 0 Å². The number of hydrogen-bond donors (Lipinski definition) is 1. The Morgan fingerprint density at radius 3 is 2.25 bits per heavy atom. The van der Waals surface area contributed by atoms with E-state index in [9.17, 15) is 13.2 Å². The van der Waals surface area contributed by atoms with Gasteiger partial charge in [0.05, 0.1) is 17.7 Å². The molecule has 0 heterocycles. The highest BCUT2D eigenvalue weighted by molar-refractivity contribution is 5.28. The molecule has 0 amide bonds. The lowest BCUT2D eigenvalue weighted by molar-refractivity contribution is -0.137. The van der Waals surface area contributed by atoms with E-state index in [1.807, 2.05) is 14.0 Å². The van der Waals surface area contributed by atoms with Gasteiger partial charge in [-0.3, -0.25) is 0 Å². The van der Waals surface area contributed by atoms with Crippen molar-refractivity contribution in [3.8, 4) is 0 Å². The third-order valence-electron chi connectivity index (χ3n) is 3.68. The summed E-state index contributed by atoms with van der Waals surface area (Å²) in [6.45, 7) is 2.55. The van der Waals surface area contributed by atoms with Crippen molar-refractivity contribution in [2.45, 2.75) is 38.1 Å². The molecule has 1 aromatic rings. The summed E-state index contributed by atoms with van der Waals surface area (Å²) in [5.41, 5.74) is 0.223. The van der Waals surface area contributed by atoms with Crippen LogP contribution in [0.15, 0.2) is 24.3 Å². The van der Waals surface area contributed by atoms with Crippen molar-refractivity contribution < 1.29 is 17.9 Å². The molecule has 0 saturated heterocycles. The van der Waals surface area contributed by atoms with E-state index in [4.69, 9.17) is 4.74 Å². The fourth-order valence-corrected chi connectivity index (χ4v) is 2.52. The van der Waals surface area contributed by atoms with Gasteiger partial charge in [0.1, 0.15) is 0 Å². The van der Waals surface area contributed by atoms with Gasteiger partial charge in [0.25, 0.3) is 0 Å². The molecule has 0 spiro atoms. The predicted molar refractivity (Wildman–Crippen MR) is 71.4 cm³/mol. The summed E-state index contributed by atoms with van der Waals surface area (Å²) in [6, 6.07) is 5.28. The molecule has 2 nitrogen and oxygen atoms in total. The van der Waals surface area contributed by atoms with Crippen LogP contribution in [0, 0.1) is 5.92 Å². The Bertz CT molecular complexity index is 426. The zero-order chi connectivity index (χ0) is 14.8. The summed E-state index contributed by atoms with van der Waals surface area (Å²) in [5, 5.41) is 3.18. The molecule has 1 aromatic carbocycles. The van der Waals surface area contributed by atoms with E-state index in [2.05, 4.69) is 5.32 Å². The normalized spacial score (nSPS) is 18.9. The molecule has 0 aromatic heterocycles. The van der Waals surface area contributed by atoms with Crippen LogP contribution in [-0.4, -0.2) is 19.8 Å². The molecule has 1 saturated carbocycles. The first-order valence-corrected chi connectivity index (χ1v) is 6.93. The minimum Gasteiger partial charge on any atom is -0.376 e. The Balaban J connectivity index is 2.18. The lowest BCUT2D eigenvalue weighted by atomic mass is 9.97. The smallest absolute Gasteiger partial charge is 0.376 e. The second kappa shape index (κ2) is 6.14. The van der Waals surface area contributed by atoms with Crippen molar-refractivity contribution in [1.82, 2.24) is 5.32 Å². The van der Waals surface area contributed by atoms with E-state index in [0.717, 1.165) is 30.5 Å². The van der Waals surface area contributed by atoms with Gasteiger partial charge in [-0.1, -0.05) is 12.1 Å². The van der Waals surface area contributed by atoms with Crippen LogP contribution in [-0.2, 0) is 10.9 Å². The van der Waals surface area contributed by atoms with Crippen LogP contribution in [0.1, 0.15) is 36.9 Å². The molecule has 112 valence electrons. The largest absolute Gasteiger partial charge is 0.416 e. The Morgan fingerprint density at radius 1 is 1.25 bits per heavy atom. The average Bonchev–Trinajstić information content (AvgIpc) is 3.22. The van der Waals surface area contributed by atoms with Crippen LogP contribution >= 0.6 is 0 Å². The van der Waals surface area contributed by atoms with Crippen molar-refractivity contribution in [2.75, 3.05) is 13.7 Å². The average molecular weight is 287 g/mol. The van der Waals surface area contributed by atoms with Crippen molar-refractivity contribution >= 4 is 0 Å². The highest BCUT2D eigenvalue weighted by Crippen LogP contribution is 2.40. The molecule has 20 heavy (non-hydrogen) atoms. The van der Waals surface area contributed by atoms with Crippen molar-refractivity contribution in [3.63, 3.8) is 0 Å². The molecular formula is C15H20F3NO. The second-order valence-electron chi connectivity index (χ2n) is 5.14. The van der Waals surface area contributed by atoms with Crippen molar-refractivity contribution in [3.05, 3.63) is 35.4 Å². The first kappa shape index (κ1) is 15.3. The minimum atomic E-state index is -4.29. The first-order valence-electron chi connectivity index (χ1n) is 6.93. The second-order valence-corrected chi connectivity index (χ2v) is 5.14. The number of nitrogens with one attached hydrogen (secondary N) is 1. The van der Waals surface area contributed by atoms with E-state index in [1.165, 1.54) is 0 Å². The first-order chi connectivity index (χ1) is 9.47. The van der Waals surface area contributed by atoms with E-state index >= 15 is 0 Å². The van der Waals surface area contributed by atoms with Gasteiger partial charge in [0, 0.05) is 6.61 Å². The summed E-state index contributed by atoms with van der Waals surface area (Å²) in [6.07, 6.45) is -2.00. The number of halogens is 3. The van der Waals surface area contributed by atoms with E-state index in [1.54, 1.807) is 12.1 Å². The van der Waals surface area contributed by atoms with Gasteiger partial charge in [-0.2, -0.15) is 13.2 Å². The Hall–Kier alpha value is -1.07. The zero-order valence-corrected chi connectivity index (χ0v) is 11.7. The summed E-state index contributed by atoms with van der Waals surface area (Å²) in [4.78, 5) is 0. The molecule has 1 aliphatic rings. The highest BCUT2D eigenvalue weighted by atomic mass is 19.4. The molecule has 1 fully saturated rings. The van der Waals surface area contributed by atoms with Gasteiger partial charge in [-0.15, -0.1) is 0 Å². The maximum atomic E-state index is 12.6. The maximum absolute atomic E-state index is 12.6. The number of likely N-dealkylation sites (N-methyl/N-ethyl adjacent to an activating group) is 1. The molecule has 1 N–H and O–H groups in total. The van der Waals surface area contributed by atoms with Crippen LogP contribution < -0.4 is 5.32 Å². The monoisotopic (exact) mass is 287 g/mol.